The monoisotopic (exact) mass is 223 g/mol. The van der Waals surface area contributed by atoms with Crippen LogP contribution >= 0.6 is 0 Å². The maximum absolute atomic E-state index is 11.9. The van der Waals surface area contributed by atoms with Crippen LogP contribution in [0.25, 0.3) is 0 Å². The van der Waals surface area contributed by atoms with Gasteiger partial charge in [-0.15, -0.1) is 0 Å². The van der Waals surface area contributed by atoms with Crippen molar-refractivity contribution in [3.05, 3.63) is 37.2 Å². The molecule has 0 aliphatic heterocycles. The second-order valence-corrected chi connectivity index (χ2v) is 4.53. The Morgan fingerprint density at radius 1 is 1.20 bits per heavy atom. The fourth-order valence-corrected chi connectivity index (χ4v) is 2.04. The summed E-state index contributed by atoms with van der Waals surface area (Å²) in [6.45, 7) is 0. The first kappa shape index (κ1) is 9.66. The van der Waals surface area contributed by atoms with Crippen molar-refractivity contribution in [3.8, 4) is 0 Å². The first-order valence-electron chi connectivity index (χ1n) is 4.04. The fraction of sp³-hybridized carbons (Fsp3) is 0. The summed E-state index contributed by atoms with van der Waals surface area (Å²) in [6.07, 6.45) is 6.60. The third-order valence-electron chi connectivity index (χ3n) is 1.68. The van der Waals surface area contributed by atoms with Crippen LogP contribution in [0.3, 0.4) is 0 Å². The lowest BCUT2D eigenvalue weighted by Crippen LogP contribution is -2.18. The number of hydrogen-bond acceptors (Lipinski definition) is 5. The molecule has 1 N–H and O–H groups in total. The van der Waals surface area contributed by atoms with Gasteiger partial charge in [-0.2, -0.15) is 0 Å². The van der Waals surface area contributed by atoms with Crippen molar-refractivity contribution in [2.45, 2.75) is 10.1 Å². The normalized spacial score (nSPS) is 11.2. The Morgan fingerprint density at radius 2 is 1.93 bits per heavy atom. The third-order valence-corrected chi connectivity index (χ3v) is 3.25. The van der Waals surface area contributed by atoms with Crippen LogP contribution < -0.4 is 4.98 Å². The van der Waals surface area contributed by atoms with Crippen molar-refractivity contribution in [1.29, 1.82) is 0 Å². The van der Waals surface area contributed by atoms with Gasteiger partial charge in [0.05, 0.1) is 6.20 Å². The Morgan fingerprint density at radius 3 is 2.53 bits per heavy atom. The summed E-state index contributed by atoms with van der Waals surface area (Å²) in [5.74, 6) is 0. The molecule has 0 saturated heterocycles. The maximum Gasteiger partial charge on any atom is 0.419 e. The zero-order valence-corrected chi connectivity index (χ0v) is 8.35. The van der Waals surface area contributed by atoms with Crippen LogP contribution in [0.5, 0.6) is 0 Å². The molecule has 0 saturated carbocycles. The van der Waals surface area contributed by atoms with Crippen LogP contribution in [0.2, 0.25) is 0 Å². The van der Waals surface area contributed by atoms with Gasteiger partial charge in [0.2, 0.25) is 0 Å². The van der Waals surface area contributed by atoms with Crippen LogP contribution in [0.15, 0.2) is 47.2 Å². The van der Waals surface area contributed by atoms with Crippen LogP contribution in [-0.2, 0) is 9.84 Å². The summed E-state index contributed by atoms with van der Waals surface area (Å²) < 4.78 is 23.7. The summed E-state index contributed by atoms with van der Waals surface area (Å²) in [5, 5.41) is -0.125. The largest absolute Gasteiger partial charge is 0.419 e. The van der Waals surface area contributed by atoms with Gasteiger partial charge >= 0.3 is 5.16 Å². The molecule has 2 heterocycles. The van der Waals surface area contributed by atoms with Gasteiger partial charge in [0.1, 0.15) is 17.4 Å². The predicted molar refractivity (Wildman–Crippen MR) is 48.3 cm³/mol. The van der Waals surface area contributed by atoms with Crippen LogP contribution in [-0.4, -0.2) is 23.4 Å². The number of rotatable bonds is 2. The molecule has 0 atom stereocenters. The second kappa shape index (κ2) is 3.70. The fourth-order valence-electron chi connectivity index (χ4n) is 0.993. The van der Waals surface area contributed by atoms with E-state index in [0.29, 0.717) is 0 Å². The van der Waals surface area contributed by atoms with E-state index in [1.807, 2.05) is 0 Å². The summed E-state index contributed by atoms with van der Waals surface area (Å²) in [5.41, 5.74) is 0. The Bertz CT molecular complexity index is 496. The molecule has 0 radical (unpaired) electrons. The third kappa shape index (κ3) is 1.82. The maximum atomic E-state index is 11.9. The Hall–Kier alpha value is -1.89. The molecule has 76 valence electrons. The first-order valence-corrected chi connectivity index (χ1v) is 5.52. The van der Waals surface area contributed by atoms with Crippen molar-refractivity contribution in [2.24, 2.45) is 0 Å². The minimum absolute atomic E-state index is 0.0138. The van der Waals surface area contributed by atoms with Gasteiger partial charge in [-0.25, -0.2) is 23.4 Å². The van der Waals surface area contributed by atoms with E-state index in [1.54, 1.807) is 6.07 Å². The number of H-pyrrole nitrogens is 1. The van der Waals surface area contributed by atoms with Crippen molar-refractivity contribution in [2.75, 3.05) is 0 Å². The smallest absolute Gasteiger partial charge is 0.243 e. The molecule has 2 aromatic heterocycles. The SMILES string of the molecule is O=S(=O)(c1cncnc1)c1nccc[nH+]1. The van der Waals surface area contributed by atoms with Crippen LogP contribution in [0, 0.1) is 0 Å². The molecule has 6 nitrogen and oxygen atoms in total. The average Bonchev–Trinajstić information content (AvgIpc) is 2.31. The van der Waals surface area contributed by atoms with Crippen molar-refractivity contribution in [3.63, 3.8) is 0 Å². The van der Waals surface area contributed by atoms with E-state index in [4.69, 9.17) is 0 Å². The molecule has 0 aromatic carbocycles. The standard InChI is InChI=1S/C8H6N4O2S/c13-15(14,7-4-9-6-10-5-7)8-11-2-1-3-12-8/h1-6H/p+1. The highest BCUT2D eigenvalue weighted by atomic mass is 32.2. The molecule has 0 spiro atoms. The molecule has 0 amide bonds. The summed E-state index contributed by atoms with van der Waals surface area (Å²) in [4.78, 5) is 13.6. The van der Waals surface area contributed by atoms with Gasteiger partial charge in [-0.05, 0) is 4.98 Å². The number of sulfone groups is 1. The Kier molecular flexibility index (Phi) is 2.38. The highest BCUT2D eigenvalue weighted by molar-refractivity contribution is 7.91. The van der Waals surface area contributed by atoms with Crippen LogP contribution in [0.1, 0.15) is 0 Å². The minimum Gasteiger partial charge on any atom is -0.243 e. The van der Waals surface area contributed by atoms with Crippen molar-refractivity contribution < 1.29 is 13.4 Å². The molecular weight excluding hydrogens is 216 g/mol. The van der Waals surface area contributed by atoms with Gasteiger partial charge in [0, 0.05) is 18.5 Å². The second-order valence-electron chi connectivity index (χ2n) is 2.66. The number of nitrogens with zero attached hydrogens (tertiary/aromatic N) is 3. The first-order chi connectivity index (χ1) is 7.21. The topological polar surface area (TPSA) is 87.0 Å². The summed E-state index contributed by atoms with van der Waals surface area (Å²) >= 11 is 0. The molecule has 0 bridgehead atoms. The van der Waals surface area contributed by atoms with Gasteiger partial charge in [-0.3, -0.25) is 0 Å². The van der Waals surface area contributed by atoms with Gasteiger partial charge in [0.25, 0.3) is 9.84 Å². The van der Waals surface area contributed by atoms with Crippen LogP contribution in [0.4, 0.5) is 0 Å². The molecule has 15 heavy (non-hydrogen) atoms. The molecule has 0 aliphatic carbocycles. The summed E-state index contributed by atoms with van der Waals surface area (Å²) in [6, 6.07) is 1.60. The molecule has 0 fully saturated rings. The number of aromatic nitrogens is 4. The van der Waals surface area contributed by atoms with E-state index < -0.39 is 9.84 Å². The Balaban J connectivity index is 2.55. The van der Waals surface area contributed by atoms with Crippen molar-refractivity contribution in [1.82, 2.24) is 15.0 Å². The highest BCUT2D eigenvalue weighted by Gasteiger charge is 2.27. The van der Waals surface area contributed by atoms with E-state index in [9.17, 15) is 8.42 Å². The lowest BCUT2D eigenvalue weighted by Gasteiger charge is -1.94. The van der Waals surface area contributed by atoms with Gasteiger partial charge < -0.3 is 0 Å². The molecule has 0 aliphatic rings. The van der Waals surface area contributed by atoms with E-state index >= 15 is 0 Å². The molecule has 0 unspecified atom stereocenters. The van der Waals surface area contributed by atoms with E-state index in [0.717, 1.165) is 0 Å². The van der Waals surface area contributed by atoms with Gasteiger partial charge in [0.15, 0.2) is 0 Å². The molecule has 2 rings (SSSR count). The van der Waals surface area contributed by atoms with Crippen molar-refractivity contribution >= 4 is 9.84 Å². The lowest BCUT2D eigenvalue weighted by atomic mass is 10.7. The number of hydrogen-bond donors (Lipinski definition) is 0. The molecular formula is C8H7N4O2S+. The van der Waals surface area contributed by atoms with E-state index in [1.165, 1.54) is 31.1 Å². The number of aromatic amines is 1. The van der Waals surface area contributed by atoms with Gasteiger partial charge in [-0.1, -0.05) is 0 Å². The molecule has 7 heteroatoms. The minimum atomic E-state index is -3.63. The quantitative estimate of drug-likeness (QED) is 0.641. The number of nitrogens with one attached hydrogen (secondary N) is 1. The predicted octanol–water partition coefficient (Wildman–Crippen LogP) is -0.481. The lowest BCUT2D eigenvalue weighted by molar-refractivity contribution is -0.435. The molecule has 2 aromatic rings. The van der Waals surface area contributed by atoms with E-state index in [2.05, 4.69) is 19.9 Å². The zero-order chi connectivity index (χ0) is 10.7. The Labute approximate surface area is 86.0 Å². The average molecular weight is 223 g/mol. The van der Waals surface area contributed by atoms with E-state index in [-0.39, 0.29) is 10.1 Å². The zero-order valence-electron chi connectivity index (χ0n) is 7.53. The highest BCUT2D eigenvalue weighted by Crippen LogP contribution is 2.11. The summed E-state index contributed by atoms with van der Waals surface area (Å²) in [7, 11) is -3.63.